The van der Waals surface area contributed by atoms with Gasteiger partial charge in [0.2, 0.25) is 0 Å². The van der Waals surface area contributed by atoms with Crippen LogP contribution < -0.4 is 5.32 Å². The Morgan fingerprint density at radius 1 is 1.33 bits per heavy atom. The maximum Gasteiger partial charge on any atom is 0.132 e. The Morgan fingerprint density at radius 2 is 2.28 bits per heavy atom. The topological polar surface area (TPSA) is 41.1 Å². The highest BCUT2D eigenvalue weighted by Gasteiger charge is 2.23. The van der Waals surface area contributed by atoms with Crippen molar-refractivity contribution in [3.63, 3.8) is 0 Å². The van der Waals surface area contributed by atoms with E-state index in [4.69, 9.17) is 4.98 Å². The van der Waals surface area contributed by atoms with E-state index in [0.29, 0.717) is 11.8 Å². The van der Waals surface area contributed by atoms with Crippen LogP contribution in [0.15, 0.2) is 12.3 Å². The van der Waals surface area contributed by atoms with Gasteiger partial charge in [-0.05, 0) is 45.5 Å². The summed E-state index contributed by atoms with van der Waals surface area (Å²) in [6, 6.07) is 2.11. The summed E-state index contributed by atoms with van der Waals surface area (Å²) in [5.41, 5.74) is 1.25. The summed E-state index contributed by atoms with van der Waals surface area (Å²) < 4.78 is 0. The lowest BCUT2D eigenvalue weighted by atomic mass is 9.94. The molecule has 2 aliphatic heterocycles. The third kappa shape index (κ3) is 2.54. The van der Waals surface area contributed by atoms with Gasteiger partial charge in [0.15, 0.2) is 0 Å². The van der Waals surface area contributed by atoms with Gasteiger partial charge in [-0.2, -0.15) is 0 Å². The molecule has 1 aromatic heterocycles. The number of likely N-dealkylation sites (tertiary alicyclic amines) is 1. The predicted molar refractivity (Wildman–Crippen MR) is 71.7 cm³/mol. The van der Waals surface area contributed by atoms with E-state index in [1.54, 1.807) is 0 Å². The maximum absolute atomic E-state index is 4.84. The summed E-state index contributed by atoms with van der Waals surface area (Å²) in [4.78, 5) is 11.7. The first kappa shape index (κ1) is 12.1. The van der Waals surface area contributed by atoms with Crippen LogP contribution in [0.1, 0.15) is 42.6 Å². The molecular weight excluding hydrogens is 224 g/mol. The Morgan fingerprint density at radius 3 is 3.06 bits per heavy atom. The molecule has 2 saturated heterocycles. The van der Waals surface area contributed by atoms with Crippen LogP contribution in [0.2, 0.25) is 0 Å². The van der Waals surface area contributed by atoms with Gasteiger partial charge in [0.25, 0.3) is 0 Å². The van der Waals surface area contributed by atoms with Crippen LogP contribution in [-0.4, -0.2) is 48.1 Å². The first-order chi connectivity index (χ1) is 8.83. The number of likely N-dealkylation sites (N-methyl/N-ethyl adjacent to an activating group) is 1. The SMILES string of the molecule is CN1CCCC(c2ccnc(C3CCNC3)n2)C1. The van der Waals surface area contributed by atoms with Gasteiger partial charge in [-0.25, -0.2) is 9.97 Å². The summed E-state index contributed by atoms with van der Waals surface area (Å²) in [5, 5.41) is 3.39. The standard InChI is InChI=1S/C14H22N4/c1-18-8-2-3-12(10-18)13-5-7-16-14(17-13)11-4-6-15-9-11/h5,7,11-12,15H,2-4,6,8-10H2,1H3. The third-order valence-electron chi connectivity index (χ3n) is 4.16. The highest BCUT2D eigenvalue weighted by Crippen LogP contribution is 2.26. The van der Waals surface area contributed by atoms with Crippen molar-refractivity contribution in [3.8, 4) is 0 Å². The average Bonchev–Trinajstić information content (AvgIpc) is 2.93. The Labute approximate surface area is 109 Å². The van der Waals surface area contributed by atoms with E-state index >= 15 is 0 Å². The lowest BCUT2D eigenvalue weighted by Crippen LogP contribution is -2.31. The first-order valence-corrected chi connectivity index (χ1v) is 7.05. The Kier molecular flexibility index (Phi) is 3.57. The van der Waals surface area contributed by atoms with Crippen molar-refractivity contribution in [2.24, 2.45) is 0 Å². The normalized spacial score (nSPS) is 29.6. The van der Waals surface area contributed by atoms with Gasteiger partial charge in [-0.3, -0.25) is 0 Å². The van der Waals surface area contributed by atoms with Crippen LogP contribution in [0.25, 0.3) is 0 Å². The summed E-state index contributed by atoms with van der Waals surface area (Å²) in [5.74, 6) is 2.16. The molecule has 3 heterocycles. The molecule has 0 bridgehead atoms. The number of hydrogen-bond donors (Lipinski definition) is 1. The van der Waals surface area contributed by atoms with Gasteiger partial charge in [-0.15, -0.1) is 0 Å². The van der Waals surface area contributed by atoms with Crippen molar-refractivity contribution >= 4 is 0 Å². The average molecular weight is 246 g/mol. The molecule has 0 saturated carbocycles. The molecule has 0 aromatic carbocycles. The van der Waals surface area contributed by atoms with Crippen molar-refractivity contribution in [2.45, 2.75) is 31.1 Å². The zero-order chi connectivity index (χ0) is 12.4. The summed E-state index contributed by atoms with van der Waals surface area (Å²) >= 11 is 0. The number of nitrogens with zero attached hydrogens (tertiary/aromatic N) is 3. The quantitative estimate of drug-likeness (QED) is 0.855. The van der Waals surface area contributed by atoms with Crippen LogP contribution in [0.5, 0.6) is 0 Å². The molecule has 0 radical (unpaired) electrons. The number of hydrogen-bond acceptors (Lipinski definition) is 4. The predicted octanol–water partition coefficient (Wildman–Crippen LogP) is 1.36. The zero-order valence-corrected chi connectivity index (χ0v) is 11.1. The molecule has 2 unspecified atom stereocenters. The molecule has 0 amide bonds. The second-order valence-electron chi connectivity index (χ2n) is 5.63. The summed E-state index contributed by atoms with van der Waals surface area (Å²) in [6.45, 7) is 4.50. The molecule has 0 spiro atoms. The van der Waals surface area contributed by atoms with E-state index in [1.165, 1.54) is 31.5 Å². The molecule has 2 fully saturated rings. The number of nitrogens with one attached hydrogen (secondary N) is 1. The molecule has 98 valence electrons. The highest BCUT2D eigenvalue weighted by molar-refractivity contribution is 5.13. The molecule has 4 heteroatoms. The van der Waals surface area contributed by atoms with Crippen molar-refractivity contribution in [1.29, 1.82) is 0 Å². The molecule has 2 atom stereocenters. The Balaban J connectivity index is 1.77. The summed E-state index contributed by atoms with van der Waals surface area (Å²) in [7, 11) is 2.20. The minimum absolute atomic E-state index is 0.520. The minimum atomic E-state index is 0.520. The van der Waals surface area contributed by atoms with E-state index in [0.717, 1.165) is 25.5 Å². The molecule has 1 N–H and O–H groups in total. The van der Waals surface area contributed by atoms with Crippen LogP contribution in [0.4, 0.5) is 0 Å². The van der Waals surface area contributed by atoms with E-state index < -0.39 is 0 Å². The van der Waals surface area contributed by atoms with Crippen LogP contribution >= 0.6 is 0 Å². The second-order valence-corrected chi connectivity index (χ2v) is 5.63. The van der Waals surface area contributed by atoms with Crippen molar-refractivity contribution in [3.05, 3.63) is 23.8 Å². The largest absolute Gasteiger partial charge is 0.316 e. The van der Waals surface area contributed by atoms with Gasteiger partial charge in [0.1, 0.15) is 5.82 Å². The first-order valence-electron chi connectivity index (χ1n) is 7.05. The summed E-state index contributed by atoms with van der Waals surface area (Å²) in [6.07, 6.45) is 5.67. The molecule has 0 aliphatic carbocycles. The maximum atomic E-state index is 4.84. The molecule has 3 rings (SSSR count). The van der Waals surface area contributed by atoms with E-state index in [9.17, 15) is 0 Å². The fraction of sp³-hybridized carbons (Fsp3) is 0.714. The van der Waals surface area contributed by atoms with Crippen LogP contribution in [-0.2, 0) is 0 Å². The molecule has 1 aromatic rings. The van der Waals surface area contributed by atoms with E-state index in [1.807, 2.05) is 6.20 Å². The number of rotatable bonds is 2. The van der Waals surface area contributed by atoms with Gasteiger partial charge >= 0.3 is 0 Å². The Hall–Kier alpha value is -1.00. The smallest absolute Gasteiger partial charge is 0.132 e. The van der Waals surface area contributed by atoms with Gasteiger partial charge < -0.3 is 10.2 Å². The Bertz CT molecular complexity index is 401. The third-order valence-corrected chi connectivity index (χ3v) is 4.16. The fourth-order valence-electron chi connectivity index (χ4n) is 3.10. The molecule has 18 heavy (non-hydrogen) atoms. The van der Waals surface area contributed by atoms with Crippen LogP contribution in [0, 0.1) is 0 Å². The van der Waals surface area contributed by atoms with Crippen molar-refractivity contribution < 1.29 is 0 Å². The van der Waals surface area contributed by atoms with Gasteiger partial charge in [0, 0.05) is 36.8 Å². The van der Waals surface area contributed by atoms with Crippen LogP contribution in [0.3, 0.4) is 0 Å². The van der Waals surface area contributed by atoms with Crippen molar-refractivity contribution in [1.82, 2.24) is 20.2 Å². The van der Waals surface area contributed by atoms with E-state index in [-0.39, 0.29) is 0 Å². The molecule has 2 aliphatic rings. The monoisotopic (exact) mass is 246 g/mol. The lowest BCUT2D eigenvalue weighted by molar-refractivity contribution is 0.248. The zero-order valence-electron chi connectivity index (χ0n) is 11.1. The fourth-order valence-corrected chi connectivity index (χ4v) is 3.10. The van der Waals surface area contributed by atoms with E-state index in [2.05, 4.69) is 28.3 Å². The van der Waals surface area contributed by atoms with Crippen molar-refractivity contribution in [2.75, 3.05) is 33.2 Å². The second kappa shape index (κ2) is 5.33. The minimum Gasteiger partial charge on any atom is -0.316 e. The molecular formula is C14H22N4. The number of aromatic nitrogens is 2. The highest BCUT2D eigenvalue weighted by atomic mass is 15.1. The lowest BCUT2D eigenvalue weighted by Gasteiger charge is -2.29. The molecule has 4 nitrogen and oxygen atoms in total. The van der Waals surface area contributed by atoms with Gasteiger partial charge in [-0.1, -0.05) is 0 Å². The number of piperidine rings is 1. The van der Waals surface area contributed by atoms with Gasteiger partial charge in [0.05, 0.1) is 0 Å².